The molecule has 1 amide bonds. The molecule has 90 valence electrons. The van der Waals surface area contributed by atoms with Crippen LogP contribution in [-0.2, 0) is 4.79 Å². The van der Waals surface area contributed by atoms with Gasteiger partial charge in [-0.25, -0.2) is 0 Å². The number of nitrogens with one attached hydrogen (secondary N) is 1. The van der Waals surface area contributed by atoms with Crippen molar-refractivity contribution >= 4 is 5.91 Å². The van der Waals surface area contributed by atoms with Crippen LogP contribution >= 0.6 is 0 Å². The highest BCUT2D eigenvalue weighted by molar-refractivity contribution is 5.79. The molecule has 0 heterocycles. The Morgan fingerprint density at radius 3 is 1.87 bits per heavy atom. The number of rotatable bonds is 3. The quantitative estimate of drug-likeness (QED) is 0.765. The minimum absolute atomic E-state index is 0.123. The molecule has 0 spiro atoms. The Kier molecular flexibility index (Phi) is 4.82. The van der Waals surface area contributed by atoms with Crippen molar-refractivity contribution in [1.29, 1.82) is 0 Å². The third-order valence-electron chi connectivity index (χ3n) is 2.22. The molecule has 0 bridgehead atoms. The molecule has 1 atom stereocenters. The average Bonchev–Trinajstić information content (AvgIpc) is 1.94. The first-order valence-corrected chi connectivity index (χ1v) is 5.87. The lowest BCUT2D eigenvalue weighted by atomic mass is 9.83. The van der Waals surface area contributed by atoms with E-state index in [0.29, 0.717) is 0 Å². The molecular weight excluding hydrogens is 186 g/mol. The van der Waals surface area contributed by atoms with Crippen LogP contribution in [0.25, 0.3) is 0 Å². The van der Waals surface area contributed by atoms with Gasteiger partial charge in [0.2, 0.25) is 5.91 Å². The largest absolute Gasteiger partial charge is 0.351 e. The Bertz CT molecular complexity index is 208. The van der Waals surface area contributed by atoms with Gasteiger partial charge in [-0.1, -0.05) is 27.7 Å². The molecule has 15 heavy (non-hydrogen) atoms. The van der Waals surface area contributed by atoms with Crippen molar-refractivity contribution in [3.8, 4) is 0 Å². The van der Waals surface area contributed by atoms with Crippen molar-refractivity contribution < 1.29 is 4.79 Å². The van der Waals surface area contributed by atoms with Crippen LogP contribution in [0.1, 0.15) is 61.3 Å². The zero-order valence-electron chi connectivity index (χ0n) is 11.4. The Balaban J connectivity index is 4.36. The smallest absolute Gasteiger partial charge is 0.223 e. The monoisotopic (exact) mass is 213 g/mol. The lowest BCUT2D eigenvalue weighted by molar-refractivity contribution is -0.127. The van der Waals surface area contributed by atoms with Gasteiger partial charge in [0.05, 0.1) is 0 Å². The van der Waals surface area contributed by atoms with E-state index in [0.717, 1.165) is 12.8 Å². The molecule has 0 saturated carbocycles. The molecule has 0 aromatic carbocycles. The number of hydrogen-bond donors (Lipinski definition) is 1. The van der Waals surface area contributed by atoms with E-state index in [1.807, 2.05) is 20.8 Å². The molecule has 0 aliphatic heterocycles. The Morgan fingerprint density at radius 1 is 1.13 bits per heavy atom. The lowest BCUT2D eigenvalue weighted by Gasteiger charge is -2.28. The molecule has 0 aromatic rings. The molecule has 2 nitrogen and oxygen atoms in total. The van der Waals surface area contributed by atoms with Gasteiger partial charge in [-0.05, 0) is 39.0 Å². The number of amides is 1. The third kappa shape index (κ3) is 7.40. The molecule has 0 rings (SSSR count). The maximum Gasteiger partial charge on any atom is 0.223 e. The fourth-order valence-corrected chi connectivity index (χ4v) is 1.63. The zero-order valence-corrected chi connectivity index (χ0v) is 11.4. The summed E-state index contributed by atoms with van der Waals surface area (Å²) in [6, 6.07) is 0. The van der Waals surface area contributed by atoms with Gasteiger partial charge in [-0.15, -0.1) is 0 Å². The van der Waals surface area contributed by atoms with Crippen LogP contribution < -0.4 is 5.32 Å². The first kappa shape index (κ1) is 14.5. The van der Waals surface area contributed by atoms with Crippen LogP contribution in [0.3, 0.4) is 0 Å². The van der Waals surface area contributed by atoms with E-state index in [4.69, 9.17) is 0 Å². The fourth-order valence-electron chi connectivity index (χ4n) is 1.63. The maximum absolute atomic E-state index is 12.0. The van der Waals surface area contributed by atoms with Gasteiger partial charge in [0.1, 0.15) is 0 Å². The highest BCUT2D eigenvalue weighted by Crippen LogP contribution is 2.26. The molecular formula is C13H27NO. The van der Waals surface area contributed by atoms with Crippen molar-refractivity contribution in [3.05, 3.63) is 0 Å². The van der Waals surface area contributed by atoms with Gasteiger partial charge in [0.25, 0.3) is 0 Å². The summed E-state index contributed by atoms with van der Waals surface area (Å²) < 4.78 is 0. The van der Waals surface area contributed by atoms with Crippen LogP contribution in [-0.4, -0.2) is 11.4 Å². The first-order chi connectivity index (χ1) is 6.55. The van der Waals surface area contributed by atoms with Crippen molar-refractivity contribution in [1.82, 2.24) is 5.32 Å². The standard InChI is InChI=1S/C13H27NO/c1-8-10(9-12(2,3)4)11(15)14-13(5,6)7/h10H,8-9H2,1-7H3,(H,14,15). The molecule has 0 saturated heterocycles. The molecule has 0 aliphatic carbocycles. The topological polar surface area (TPSA) is 29.1 Å². The molecule has 0 fully saturated rings. The zero-order chi connectivity index (χ0) is 12.3. The highest BCUT2D eigenvalue weighted by Gasteiger charge is 2.25. The van der Waals surface area contributed by atoms with E-state index in [1.165, 1.54) is 0 Å². The lowest BCUT2D eigenvalue weighted by Crippen LogP contribution is -2.44. The minimum Gasteiger partial charge on any atom is -0.351 e. The van der Waals surface area contributed by atoms with Crippen LogP contribution in [0.4, 0.5) is 0 Å². The molecule has 1 N–H and O–H groups in total. The molecule has 1 unspecified atom stereocenters. The van der Waals surface area contributed by atoms with E-state index in [9.17, 15) is 4.79 Å². The van der Waals surface area contributed by atoms with Crippen molar-refractivity contribution in [2.45, 2.75) is 66.8 Å². The van der Waals surface area contributed by atoms with Gasteiger partial charge >= 0.3 is 0 Å². The van der Waals surface area contributed by atoms with Crippen LogP contribution in [0.15, 0.2) is 0 Å². The SMILES string of the molecule is CCC(CC(C)(C)C)C(=O)NC(C)(C)C. The van der Waals surface area contributed by atoms with E-state index in [-0.39, 0.29) is 22.8 Å². The average molecular weight is 213 g/mol. The van der Waals surface area contributed by atoms with Crippen molar-refractivity contribution in [2.75, 3.05) is 0 Å². The van der Waals surface area contributed by atoms with Gasteiger partial charge in [-0.3, -0.25) is 4.79 Å². The van der Waals surface area contributed by atoms with Gasteiger partial charge in [0.15, 0.2) is 0 Å². The van der Waals surface area contributed by atoms with E-state index < -0.39 is 0 Å². The second-order valence-corrected chi connectivity index (χ2v) is 6.61. The number of carbonyl (C=O) groups excluding carboxylic acids is 1. The predicted octanol–water partition coefficient (Wildman–Crippen LogP) is 3.36. The molecule has 2 heteroatoms. The van der Waals surface area contributed by atoms with Gasteiger partial charge in [-0.2, -0.15) is 0 Å². The van der Waals surface area contributed by atoms with Crippen LogP contribution in [0.5, 0.6) is 0 Å². The summed E-state index contributed by atoms with van der Waals surface area (Å²) in [5.74, 6) is 0.337. The summed E-state index contributed by atoms with van der Waals surface area (Å²) in [5.41, 5.74) is 0.0955. The number of carbonyl (C=O) groups is 1. The highest BCUT2D eigenvalue weighted by atomic mass is 16.2. The van der Waals surface area contributed by atoms with Crippen LogP contribution in [0.2, 0.25) is 0 Å². The Labute approximate surface area is 94.8 Å². The summed E-state index contributed by atoms with van der Waals surface area (Å²) in [4.78, 5) is 12.0. The molecule has 0 aromatic heterocycles. The normalized spacial score (nSPS) is 14.9. The summed E-state index contributed by atoms with van der Waals surface area (Å²) >= 11 is 0. The molecule has 0 radical (unpaired) electrons. The maximum atomic E-state index is 12.0. The van der Waals surface area contributed by atoms with E-state index >= 15 is 0 Å². The van der Waals surface area contributed by atoms with Gasteiger partial charge < -0.3 is 5.32 Å². The fraction of sp³-hybridized carbons (Fsp3) is 0.923. The number of hydrogen-bond acceptors (Lipinski definition) is 1. The molecule has 0 aliphatic rings. The third-order valence-corrected chi connectivity index (χ3v) is 2.22. The Hall–Kier alpha value is -0.530. The second kappa shape index (κ2) is 5.00. The van der Waals surface area contributed by atoms with Crippen LogP contribution in [0, 0.1) is 11.3 Å². The summed E-state index contributed by atoms with van der Waals surface area (Å²) in [5, 5.41) is 3.05. The minimum atomic E-state index is -0.123. The Morgan fingerprint density at radius 2 is 1.60 bits per heavy atom. The first-order valence-electron chi connectivity index (χ1n) is 5.87. The second-order valence-electron chi connectivity index (χ2n) is 6.61. The summed E-state index contributed by atoms with van der Waals surface area (Å²) in [7, 11) is 0. The predicted molar refractivity (Wildman–Crippen MR) is 65.7 cm³/mol. The van der Waals surface area contributed by atoms with Crippen molar-refractivity contribution in [3.63, 3.8) is 0 Å². The summed E-state index contributed by atoms with van der Waals surface area (Å²) in [6.07, 6.45) is 1.87. The van der Waals surface area contributed by atoms with Crippen molar-refractivity contribution in [2.24, 2.45) is 11.3 Å². The van der Waals surface area contributed by atoms with Gasteiger partial charge in [0, 0.05) is 11.5 Å². The van der Waals surface area contributed by atoms with E-state index in [2.05, 4.69) is 33.0 Å². The summed E-state index contributed by atoms with van der Waals surface area (Å²) in [6.45, 7) is 14.7. The van der Waals surface area contributed by atoms with E-state index in [1.54, 1.807) is 0 Å².